The number of pyridine rings is 1. The van der Waals surface area contributed by atoms with Crippen LogP contribution in [0.1, 0.15) is 5.56 Å². The Morgan fingerprint density at radius 2 is 2.00 bits per heavy atom. The molecule has 0 fully saturated rings. The average Bonchev–Trinajstić information content (AvgIpc) is 2.75. The highest BCUT2D eigenvalue weighted by Crippen LogP contribution is 2.25. The van der Waals surface area contributed by atoms with Crippen LogP contribution in [-0.2, 0) is 0 Å². The van der Waals surface area contributed by atoms with Crippen molar-refractivity contribution in [3.8, 4) is 11.3 Å². The molecule has 0 aliphatic heterocycles. The van der Waals surface area contributed by atoms with Gasteiger partial charge in [-0.15, -0.1) is 0 Å². The summed E-state index contributed by atoms with van der Waals surface area (Å²) < 4.78 is 15.6. The first-order chi connectivity index (χ1) is 8.63. The van der Waals surface area contributed by atoms with Crippen molar-refractivity contribution in [2.24, 2.45) is 0 Å². The molecule has 0 amide bonds. The van der Waals surface area contributed by atoms with Gasteiger partial charge in [0.1, 0.15) is 11.5 Å². The molecule has 0 aliphatic rings. The van der Waals surface area contributed by atoms with Crippen LogP contribution in [0.4, 0.5) is 4.39 Å². The van der Waals surface area contributed by atoms with Gasteiger partial charge in [-0.25, -0.2) is 9.37 Å². The van der Waals surface area contributed by atoms with Crippen LogP contribution in [0.15, 0.2) is 47.2 Å². The molecule has 4 heteroatoms. The number of hydrogen-bond donors (Lipinski definition) is 0. The summed E-state index contributed by atoms with van der Waals surface area (Å²) in [6, 6.07) is 8.90. The maximum atomic E-state index is 13.2. The van der Waals surface area contributed by atoms with Crippen LogP contribution >= 0.6 is 15.9 Å². The maximum absolute atomic E-state index is 13.2. The fourth-order valence-corrected chi connectivity index (χ4v) is 2.28. The van der Waals surface area contributed by atoms with Crippen LogP contribution < -0.4 is 0 Å². The van der Waals surface area contributed by atoms with E-state index in [9.17, 15) is 4.39 Å². The minimum atomic E-state index is -0.265. The van der Waals surface area contributed by atoms with Gasteiger partial charge in [-0.3, -0.25) is 0 Å². The van der Waals surface area contributed by atoms with Gasteiger partial charge in [-0.2, -0.15) is 0 Å². The van der Waals surface area contributed by atoms with Gasteiger partial charge in [-0.1, -0.05) is 6.07 Å². The molecule has 18 heavy (non-hydrogen) atoms. The van der Waals surface area contributed by atoms with Gasteiger partial charge in [0.15, 0.2) is 0 Å². The van der Waals surface area contributed by atoms with Crippen LogP contribution in [0, 0.1) is 12.7 Å². The van der Waals surface area contributed by atoms with E-state index in [4.69, 9.17) is 0 Å². The van der Waals surface area contributed by atoms with Crippen molar-refractivity contribution in [3.05, 3.63) is 58.6 Å². The molecule has 0 unspecified atom stereocenters. The number of hydrogen-bond acceptors (Lipinski definition) is 1. The molecule has 0 aliphatic carbocycles. The van der Waals surface area contributed by atoms with E-state index in [2.05, 4.69) is 20.9 Å². The van der Waals surface area contributed by atoms with E-state index < -0.39 is 0 Å². The third-order valence-corrected chi connectivity index (χ3v) is 3.42. The summed E-state index contributed by atoms with van der Waals surface area (Å²) >= 11 is 3.19. The number of benzene rings is 1. The fraction of sp³-hybridized carbons (Fsp3) is 0.0714. The van der Waals surface area contributed by atoms with Gasteiger partial charge in [-0.05, 0) is 52.7 Å². The molecular weight excluding hydrogens is 295 g/mol. The first-order valence-electron chi connectivity index (χ1n) is 5.54. The number of halogens is 2. The Labute approximate surface area is 112 Å². The number of nitrogens with zero attached hydrogens (tertiary/aromatic N) is 2. The lowest BCUT2D eigenvalue weighted by molar-refractivity contribution is 0.621. The standard InChI is InChI=1S/C14H10BrFN2/c1-9-2-5-14-17-13(8-18(14)7-9)10-3-4-12(16)11(15)6-10/h2-8H,1H3. The second-order valence-corrected chi connectivity index (χ2v) is 5.08. The van der Waals surface area contributed by atoms with Gasteiger partial charge in [0.05, 0.1) is 10.2 Å². The van der Waals surface area contributed by atoms with Crippen molar-refractivity contribution in [3.63, 3.8) is 0 Å². The SMILES string of the molecule is Cc1ccc2nc(-c3ccc(F)c(Br)c3)cn2c1. The van der Waals surface area contributed by atoms with E-state index in [0.29, 0.717) is 4.47 Å². The second-order valence-electron chi connectivity index (χ2n) is 4.23. The summed E-state index contributed by atoms with van der Waals surface area (Å²) in [5.41, 5.74) is 3.79. The molecular formula is C14H10BrFN2. The van der Waals surface area contributed by atoms with Crippen molar-refractivity contribution in [2.45, 2.75) is 6.92 Å². The molecule has 3 aromatic rings. The smallest absolute Gasteiger partial charge is 0.137 e. The van der Waals surface area contributed by atoms with Crippen molar-refractivity contribution in [1.29, 1.82) is 0 Å². The zero-order chi connectivity index (χ0) is 12.7. The first-order valence-corrected chi connectivity index (χ1v) is 6.33. The number of fused-ring (bicyclic) bond motifs is 1. The zero-order valence-electron chi connectivity index (χ0n) is 9.69. The predicted molar refractivity (Wildman–Crippen MR) is 73.0 cm³/mol. The van der Waals surface area contributed by atoms with Gasteiger partial charge >= 0.3 is 0 Å². The zero-order valence-corrected chi connectivity index (χ0v) is 11.3. The fourth-order valence-electron chi connectivity index (χ4n) is 1.90. The Morgan fingerprint density at radius 1 is 1.17 bits per heavy atom. The molecule has 0 radical (unpaired) electrons. The number of rotatable bonds is 1. The van der Waals surface area contributed by atoms with Gasteiger partial charge in [0.25, 0.3) is 0 Å². The van der Waals surface area contributed by atoms with E-state index in [-0.39, 0.29) is 5.82 Å². The topological polar surface area (TPSA) is 17.3 Å². The van der Waals surface area contributed by atoms with Gasteiger partial charge in [0.2, 0.25) is 0 Å². The van der Waals surface area contributed by atoms with Gasteiger partial charge in [0, 0.05) is 18.0 Å². The Morgan fingerprint density at radius 3 is 2.78 bits per heavy atom. The first kappa shape index (κ1) is 11.4. The summed E-state index contributed by atoms with van der Waals surface area (Å²) in [7, 11) is 0. The van der Waals surface area contributed by atoms with E-state index in [0.717, 1.165) is 16.9 Å². The molecule has 0 saturated heterocycles. The minimum Gasteiger partial charge on any atom is -0.306 e. The maximum Gasteiger partial charge on any atom is 0.137 e. The van der Waals surface area contributed by atoms with E-state index in [1.807, 2.05) is 35.9 Å². The monoisotopic (exact) mass is 304 g/mol. The minimum absolute atomic E-state index is 0.265. The Balaban J connectivity index is 2.16. The Bertz CT molecular complexity index is 734. The molecule has 0 bridgehead atoms. The number of aromatic nitrogens is 2. The summed E-state index contributed by atoms with van der Waals surface area (Å²) in [5, 5.41) is 0. The average molecular weight is 305 g/mol. The van der Waals surface area contributed by atoms with Crippen LogP contribution in [0.5, 0.6) is 0 Å². The van der Waals surface area contributed by atoms with Crippen LogP contribution in [0.3, 0.4) is 0 Å². The van der Waals surface area contributed by atoms with Crippen molar-refractivity contribution in [1.82, 2.24) is 9.38 Å². The molecule has 2 nitrogen and oxygen atoms in total. The number of aryl methyl sites for hydroxylation is 1. The molecule has 1 aromatic carbocycles. The Hall–Kier alpha value is -1.68. The normalized spacial score (nSPS) is 11.1. The van der Waals surface area contributed by atoms with Crippen LogP contribution in [0.25, 0.3) is 16.9 Å². The quantitative estimate of drug-likeness (QED) is 0.658. The number of imidazole rings is 1. The van der Waals surface area contributed by atoms with Crippen LogP contribution in [-0.4, -0.2) is 9.38 Å². The molecule has 3 rings (SSSR count). The molecule has 0 N–H and O–H groups in total. The molecule has 2 heterocycles. The molecule has 90 valence electrons. The highest BCUT2D eigenvalue weighted by Gasteiger charge is 2.07. The lowest BCUT2D eigenvalue weighted by Crippen LogP contribution is -1.82. The third kappa shape index (κ3) is 1.93. The predicted octanol–water partition coefficient (Wildman–Crippen LogP) is 4.21. The van der Waals surface area contributed by atoms with E-state index >= 15 is 0 Å². The lowest BCUT2D eigenvalue weighted by Gasteiger charge is -1.98. The molecule has 0 atom stereocenters. The largest absolute Gasteiger partial charge is 0.306 e. The molecule has 0 spiro atoms. The summed E-state index contributed by atoms with van der Waals surface area (Å²) in [4.78, 5) is 4.51. The summed E-state index contributed by atoms with van der Waals surface area (Å²) in [5.74, 6) is -0.265. The third-order valence-electron chi connectivity index (χ3n) is 2.81. The van der Waals surface area contributed by atoms with Crippen molar-refractivity contribution < 1.29 is 4.39 Å². The summed E-state index contributed by atoms with van der Waals surface area (Å²) in [6.45, 7) is 2.04. The van der Waals surface area contributed by atoms with Gasteiger partial charge < -0.3 is 4.40 Å². The highest BCUT2D eigenvalue weighted by atomic mass is 79.9. The van der Waals surface area contributed by atoms with E-state index in [1.54, 1.807) is 12.1 Å². The highest BCUT2D eigenvalue weighted by molar-refractivity contribution is 9.10. The van der Waals surface area contributed by atoms with Crippen molar-refractivity contribution in [2.75, 3.05) is 0 Å². The molecule has 2 aromatic heterocycles. The van der Waals surface area contributed by atoms with Crippen molar-refractivity contribution >= 4 is 21.6 Å². The Kier molecular flexibility index (Phi) is 2.67. The van der Waals surface area contributed by atoms with Crippen LogP contribution in [0.2, 0.25) is 0 Å². The summed E-state index contributed by atoms with van der Waals surface area (Å²) in [6.07, 6.45) is 3.96. The molecule has 0 saturated carbocycles. The second kappa shape index (κ2) is 4.21. The lowest BCUT2D eigenvalue weighted by atomic mass is 10.2. The van der Waals surface area contributed by atoms with E-state index in [1.165, 1.54) is 11.6 Å².